The zero-order valence-electron chi connectivity index (χ0n) is 21.3. The van der Waals surface area contributed by atoms with Gasteiger partial charge in [0, 0.05) is 13.1 Å². The van der Waals surface area contributed by atoms with Crippen molar-refractivity contribution in [3.05, 3.63) is 29.3 Å². The fourth-order valence-corrected chi connectivity index (χ4v) is 3.40. The molecular weight excluding hydrogens is 422 g/mol. The molecule has 0 aliphatic rings. The Morgan fingerprint density at radius 2 is 1.79 bits per heavy atom. The monoisotopic (exact) mass is 463 g/mol. The van der Waals surface area contributed by atoms with Gasteiger partial charge >= 0.3 is 6.09 Å². The Hall–Kier alpha value is -2.77. The molecule has 2 atom stereocenters. The largest absolute Gasteiger partial charge is 0.508 e. The van der Waals surface area contributed by atoms with Crippen molar-refractivity contribution in [2.24, 2.45) is 5.92 Å². The van der Waals surface area contributed by atoms with Crippen LogP contribution in [0.4, 0.5) is 4.79 Å². The Bertz CT molecular complexity index is 817. The third kappa shape index (κ3) is 8.59. The van der Waals surface area contributed by atoms with Crippen LogP contribution in [0.15, 0.2) is 18.2 Å². The lowest BCUT2D eigenvalue weighted by molar-refractivity contribution is -0.143. The maximum absolute atomic E-state index is 13.6. The van der Waals surface area contributed by atoms with Gasteiger partial charge in [0.15, 0.2) is 0 Å². The number of nitrogens with one attached hydrogen (secondary N) is 2. The molecule has 0 saturated heterocycles. The van der Waals surface area contributed by atoms with Gasteiger partial charge < -0.3 is 25.4 Å². The molecule has 3 amide bonds. The number of carbonyl (C=O) groups excluding carboxylic acids is 3. The molecule has 0 aliphatic heterocycles. The van der Waals surface area contributed by atoms with Gasteiger partial charge in [-0.25, -0.2) is 4.79 Å². The summed E-state index contributed by atoms with van der Waals surface area (Å²) in [4.78, 5) is 40.8. The van der Waals surface area contributed by atoms with E-state index >= 15 is 0 Å². The highest BCUT2D eigenvalue weighted by molar-refractivity contribution is 5.92. The number of likely N-dealkylation sites (N-methyl/N-ethyl adjacent to an activating group) is 1. The Morgan fingerprint density at radius 1 is 1.15 bits per heavy atom. The topological polar surface area (TPSA) is 108 Å². The van der Waals surface area contributed by atoms with E-state index in [2.05, 4.69) is 10.6 Å². The van der Waals surface area contributed by atoms with Crippen LogP contribution in [0, 0.1) is 12.8 Å². The van der Waals surface area contributed by atoms with Crippen molar-refractivity contribution in [3.8, 4) is 5.75 Å². The van der Waals surface area contributed by atoms with E-state index in [1.165, 1.54) is 11.0 Å². The van der Waals surface area contributed by atoms with E-state index < -0.39 is 23.8 Å². The number of hydrogen-bond donors (Lipinski definition) is 3. The summed E-state index contributed by atoms with van der Waals surface area (Å²) in [7, 11) is 0. The molecule has 0 saturated carbocycles. The van der Waals surface area contributed by atoms with Crippen molar-refractivity contribution in [3.63, 3.8) is 0 Å². The van der Waals surface area contributed by atoms with Crippen molar-refractivity contribution < 1.29 is 24.2 Å². The summed E-state index contributed by atoms with van der Waals surface area (Å²) >= 11 is 0. The quantitative estimate of drug-likeness (QED) is 0.454. The maximum atomic E-state index is 13.6. The van der Waals surface area contributed by atoms with Crippen LogP contribution in [0.2, 0.25) is 0 Å². The number of phenols is 1. The van der Waals surface area contributed by atoms with Crippen LogP contribution in [0.3, 0.4) is 0 Å². The first-order chi connectivity index (χ1) is 15.3. The minimum absolute atomic E-state index is 0.116. The molecule has 0 bridgehead atoms. The molecule has 1 rings (SSSR count). The number of rotatable bonds is 10. The maximum Gasteiger partial charge on any atom is 0.408 e. The van der Waals surface area contributed by atoms with Gasteiger partial charge in [-0.3, -0.25) is 9.59 Å². The lowest BCUT2D eigenvalue weighted by Gasteiger charge is -2.35. The van der Waals surface area contributed by atoms with Gasteiger partial charge in [-0.15, -0.1) is 0 Å². The van der Waals surface area contributed by atoms with Crippen LogP contribution >= 0.6 is 0 Å². The van der Waals surface area contributed by atoms with Gasteiger partial charge in [-0.05, 0) is 70.2 Å². The fourth-order valence-electron chi connectivity index (χ4n) is 3.40. The van der Waals surface area contributed by atoms with Crippen molar-refractivity contribution in [1.82, 2.24) is 15.5 Å². The van der Waals surface area contributed by atoms with Crippen molar-refractivity contribution in [2.75, 3.05) is 13.1 Å². The number of unbranched alkanes of at least 4 members (excludes halogenated alkanes) is 1. The van der Waals surface area contributed by atoms with Crippen molar-refractivity contribution in [1.29, 1.82) is 0 Å². The summed E-state index contributed by atoms with van der Waals surface area (Å²) in [5, 5.41) is 15.6. The molecule has 0 aromatic heterocycles. The highest BCUT2D eigenvalue weighted by Gasteiger charge is 2.36. The van der Waals surface area contributed by atoms with Gasteiger partial charge in [0.05, 0.1) is 0 Å². The first kappa shape index (κ1) is 28.3. The van der Waals surface area contributed by atoms with Gasteiger partial charge in [-0.2, -0.15) is 0 Å². The van der Waals surface area contributed by atoms with Crippen LogP contribution in [-0.2, 0) is 14.3 Å². The summed E-state index contributed by atoms with van der Waals surface area (Å²) in [5.74, 6) is -0.794. The molecule has 2 unspecified atom stereocenters. The highest BCUT2D eigenvalue weighted by atomic mass is 16.6. The van der Waals surface area contributed by atoms with Crippen LogP contribution in [0.5, 0.6) is 5.75 Å². The van der Waals surface area contributed by atoms with E-state index in [1.54, 1.807) is 46.8 Å². The molecular formula is C25H41N3O5. The molecule has 0 aliphatic carbocycles. The third-order valence-electron chi connectivity index (χ3n) is 5.15. The molecule has 0 radical (unpaired) electrons. The number of nitrogens with zero attached hydrogens (tertiary/aromatic N) is 1. The van der Waals surface area contributed by atoms with Gasteiger partial charge in [0.2, 0.25) is 11.8 Å². The molecule has 0 heterocycles. The lowest BCUT2D eigenvalue weighted by Crippen LogP contribution is -2.54. The average molecular weight is 464 g/mol. The van der Waals surface area contributed by atoms with E-state index in [9.17, 15) is 19.5 Å². The SMILES string of the molecule is CCCCNC(=O)C(c1ccc(O)c(C)c1)N(CC)C(=O)C(NC(=O)OC(C)(C)C)C(C)C. The van der Waals surface area contributed by atoms with E-state index in [-0.39, 0.29) is 30.0 Å². The Morgan fingerprint density at radius 3 is 2.27 bits per heavy atom. The first-order valence-corrected chi connectivity index (χ1v) is 11.7. The number of amides is 3. The number of aromatic hydroxyl groups is 1. The minimum atomic E-state index is -0.902. The Labute approximate surface area is 198 Å². The number of phenolic OH excluding ortho intramolecular Hbond substituents is 1. The van der Waals surface area contributed by atoms with Crippen LogP contribution < -0.4 is 10.6 Å². The second-order valence-electron chi connectivity index (χ2n) is 9.59. The standard InChI is InChI=1S/C25H41N3O5/c1-9-11-14-26-22(30)21(18-12-13-19(29)17(5)15-18)28(10-2)23(31)20(16(3)4)27-24(32)33-25(6,7)8/h12-13,15-16,20-21,29H,9-11,14H2,1-8H3,(H,26,30)(H,27,32). The second-order valence-corrected chi connectivity index (χ2v) is 9.59. The number of alkyl carbamates (subject to hydrolysis) is 1. The normalized spacial score (nSPS) is 13.2. The van der Waals surface area contributed by atoms with Crippen LogP contribution in [-0.4, -0.2) is 52.6 Å². The first-order valence-electron chi connectivity index (χ1n) is 11.7. The molecule has 3 N–H and O–H groups in total. The number of ether oxygens (including phenoxy) is 1. The van der Waals surface area contributed by atoms with E-state index in [1.807, 2.05) is 20.8 Å². The third-order valence-corrected chi connectivity index (χ3v) is 5.15. The lowest BCUT2D eigenvalue weighted by atomic mass is 9.97. The Balaban J connectivity index is 3.32. The van der Waals surface area contributed by atoms with Crippen molar-refractivity contribution in [2.45, 2.75) is 85.9 Å². The van der Waals surface area contributed by atoms with E-state index in [0.29, 0.717) is 17.7 Å². The van der Waals surface area contributed by atoms with E-state index in [0.717, 1.165) is 12.8 Å². The van der Waals surface area contributed by atoms with E-state index in [4.69, 9.17) is 4.74 Å². The summed E-state index contributed by atoms with van der Waals surface area (Å²) < 4.78 is 5.34. The molecule has 186 valence electrons. The zero-order valence-corrected chi connectivity index (χ0v) is 21.3. The molecule has 1 aromatic rings. The summed E-state index contributed by atoms with van der Waals surface area (Å²) in [6.07, 6.45) is 1.06. The number of aryl methyl sites for hydroxylation is 1. The predicted octanol–water partition coefficient (Wildman–Crippen LogP) is 4.06. The number of benzene rings is 1. The average Bonchev–Trinajstić information content (AvgIpc) is 2.70. The molecule has 1 aromatic carbocycles. The molecule has 8 heteroatoms. The molecule has 0 spiro atoms. The Kier molecular flexibility index (Phi) is 10.7. The predicted molar refractivity (Wildman–Crippen MR) is 129 cm³/mol. The summed E-state index contributed by atoms with van der Waals surface area (Å²) in [6, 6.07) is 3.10. The second kappa shape index (κ2) is 12.5. The summed E-state index contributed by atoms with van der Waals surface area (Å²) in [5.41, 5.74) is 0.494. The van der Waals surface area contributed by atoms with Gasteiger partial charge in [0.1, 0.15) is 23.4 Å². The van der Waals surface area contributed by atoms with Crippen molar-refractivity contribution >= 4 is 17.9 Å². The number of carbonyl (C=O) groups is 3. The van der Waals surface area contributed by atoms with Crippen LogP contribution in [0.25, 0.3) is 0 Å². The minimum Gasteiger partial charge on any atom is -0.508 e. The smallest absolute Gasteiger partial charge is 0.408 e. The zero-order chi connectivity index (χ0) is 25.3. The molecule has 8 nitrogen and oxygen atoms in total. The highest BCUT2D eigenvalue weighted by Crippen LogP contribution is 2.27. The number of hydrogen-bond acceptors (Lipinski definition) is 5. The molecule has 33 heavy (non-hydrogen) atoms. The molecule has 0 fully saturated rings. The summed E-state index contributed by atoms with van der Waals surface area (Å²) in [6.45, 7) is 15.2. The van der Waals surface area contributed by atoms with Gasteiger partial charge in [0.25, 0.3) is 0 Å². The van der Waals surface area contributed by atoms with Gasteiger partial charge in [-0.1, -0.05) is 33.3 Å². The van der Waals surface area contributed by atoms with Crippen LogP contribution in [0.1, 0.15) is 78.5 Å². The fraction of sp³-hybridized carbons (Fsp3) is 0.640.